The topological polar surface area (TPSA) is 57.2 Å². The summed E-state index contributed by atoms with van der Waals surface area (Å²) in [6.45, 7) is 2.82. The van der Waals surface area contributed by atoms with Crippen molar-refractivity contribution in [1.82, 2.24) is 4.57 Å². The smallest absolute Gasteiger partial charge is 0.255 e. The lowest BCUT2D eigenvalue weighted by Gasteiger charge is -2.16. The van der Waals surface area contributed by atoms with E-state index in [1.165, 1.54) is 0 Å². The molecule has 4 heteroatoms. The van der Waals surface area contributed by atoms with Gasteiger partial charge in [0.2, 0.25) is 0 Å². The summed E-state index contributed by atoms with van der Waals surface area (Å²) < 4.78 is 6.83. The number of rotatable bonds is 5. The molecule has 0 radical (unpaired) electrons. The third-order valence-corrected chi connectivity index (χ3v) is 3.28. The molecule has 106 valence electrons. The molecule has 0 spiro atoms. The molecule has 1 atom stereocenters. The normalized spacial score (nSPS) is 12.3. The molecule has 0 fully saturated rings. The first-order valence-electron chi connectivity index (χ1n) is 6.69. The van der Waals surface area contributed by atoms with E-state index in [0.29, 0.717) is 18.7 Å². The molecule has 0 amide bonds. The van der Waals surface area contributed by atoms with Gasteiger partial charge in [-0.3, -0.25) is 4.79 Å². The number of nitrogens with two attached hydrogens (primary N) is 1. The van der Waals surface area contributed by atoms with E-state index in [-0.39, 0.29) is 11.6 Å². The largest absolute Gasteiger partial charge is 0.383 e. The first-order valence-corrected chi connectivity index (χ1v) is 6.69. The summed E-state index contributed by atoms with van der Waals surface area (Å²) in [6, 6.07) is 13.3. The highest BCUT2D eigenvalue weighted by atomic mass is 16.5. The van der Waals surface area contributed by atoms with Crippen molar-refractivity contribution in [3.8, 4) is 11.3 Å². The van der Waals surface area contributed by atoms with Crippen LogP contribution in [0.4, 0.5) is 0 Å². The molecule has 4 nitrogen and oxygen atoms in total. The summed E-state index contributed by atoms with van der Waals surface area (Å²) in [7, 11) is 1.63. The van der Waals surface area contributed by atoms with Crippen LogP contribution in [0.5, 0.6) is 0 Å². The molecular weight excluding hydrogens is 252 g/mol. The number of ether oxygens (including phenoxy) is 1. The van der Waals surface area contributed by atoms with Gasteiger partial charge in [-0.15, -0.1) is 0 Å². The minimum atomic E-state index is -0.277. The molecule has 0 bridgehead atoms. The van der Waals surface area contributed by atoms with E-state index in [9.17, 15) is 4.79 Å². The number of benzene rings is 1. The number of hydrogen-bond donors (Lipinski definition) is 1. The predicted octanol–water partition coefficient (Wildman–Crippen LogP) is 2.18. The predicted molar refractivity (Wildman–Crippen MR) is 80.6 cm³/mol. The molecule has 0 saturated heterocycles. The van der Waals surface area contributed by atoms with Gasteiger partial charge >= 0.3 is 0 Å². The van der Waals surface area contributed by atoms with Crippen LogP contribution in [0.2, 0.25) is 0 Å². The Kier molecular flexibility index (Phi) is 4.71. The Morgan fingerprint density at radius 2 is 1.90 bits per heavy atom. The lowest BCUT2D eigenvalue weighted by atomic mass is 10.1. The van der Waals surface area contributed by atoms with Crippen LogP contribution in [-0.4, -0.2) is 18.3 Å². The highest BCUT2D eigenvalue weighted by molar-refractivity contribution is 5.59. The molecule has 1 heterocycles. The van der Waals surface area contributed by atoms with Gasteiger partial charge in [-0.25, -0.2) is 0 Å². The van der Waals surface area contributed by atoms with Gasteiger partial charge in [0.15, 0.2) is 0 Å². The van der Waals surface area contributed by atoms with Crippen LogP contribution in [0.25, 0.3) is 11.3 Å². The zero-order valence-corrected chi connectivity index (χ0v) is 11.9. The third kappa shape index (κ3) is 2.98. The number of pyridine rings is 1. The minimum absolute atomic E-state index is 0.0431. The molecule has 0 aliphatic rings. The summed E-state index contributed by atoms with van der Waals surface area (Å²) in [4.78, 5) is 12.5. The van der Waals surface area contributed by atoms with Gasteiger partial charge in [0.25, 0.3) is 5.56 Å². The molecule has 2 N–H and O–H groups in total. The minimum Gasteiger partial charge on any atom is -0.383 e. The lowest BCUT2D eigenvalue weighted by molar-refractivity contribution is 0.186. The van der Waals surface area contributed by atoms with Gasteiger partial charge in [0, 0.05) is 25.3 Å². The maximum absolute atomic E-state index is 12.5. The van der Waals surface area contributed by atoms with Crippen LogP contribution in [-0.2, 0) is 11.3 Å². The second kappa shape index (κ2) is 6.50. The van der Waals surface area contributed by atoms with E-state index in [1.54, 1.807) is 11.7 Å². The van der Waals surface area contributed by atoms with E-state index in [1.807, 2.05) is 49.4 Å². The zero-order chi connectivity index (χ0) is 14.5. The number of methoxy groups -OCH3 is 1. The SMILES string of the molecule is COCCn1c(-c2ccccc2)ccc(C(C)N)c1=O. The Labute approximate surface area is 118 Å². The van der Waals surface area contributed by atoms with Crippen molar-refractivity contribution < 1.29 is 4.74 Å². The van der Waals surface area contributed by atoms with Gasteiger partial charge < -0.3 is 15.0 Å². The first kappa shape index (κ1) is 14.5. The van der Waals surface area contributed by atoms with Crippen LogP contribution in [0.3, 0.4) is 0 Å². The number of aromatic nitrogens is 1. The fourth-order valence-corrected chi connectivity index (χ4v) is 2.21. The number of nitrogens with zero attached hydrogens (tertiary/aromatic N) is 1. The van der Waals surface area contributed by atoms with Crippen molar-refractivity contribution in [2.45, 2.75) is 19.5 Å². The molecule has 2 rings (SSSR count). The maximum Gasteiger partial charge on any atom is 0.255 e. The average Bonchev–Trinajstić information content (AvgIpc) is 2.46. The Bertz CT molecular complexity index is 618. The van der Waals surface area contributed by atoms with Crippen molar-refractivity contribution in [1.29, 1.82) is 0 Å². The Balaban J connectivity index is 2.57. The van der Waals surface area contributed by atoms with Crippen LogP contribution in [0.15, 0.2) is 47.3 Å². The van der Waals surface area contributed by atoms with Crippen molar-refractivity contribution in [2.24, 2.45) is 5.73 Å². The fourth-order valence-electron chi connectivity index (χ4n) is 2.21. The average molecular weight is 272 g/mol. The second-order valence-electron chi connectivity index (χ2n) is 4.78. The van der Waals surface area contributed by atoms with Crippen molar-refractivity contribution in [2.75, 3.05) is 13.7 Å². The van der Waals surface area contributed by atoms with E-state index in [2.05, 4.69) is 0 Å². The second-order valence-corrected chi connectivity index (χ2v) is 4.78. The van der Waals surface area contributed by atoms with Gasteiger partial charge in [0.05, 0.1) is 12.3 Å². The molecule has 0 saturated carbocycles. The molecule has 1 aromatic heterocycles. The highest BCUT2D eigenvalue weighted by Crippen LogP contribution is 2.19. The van der Waals surface area contributed by atoms with Gasteiger partial charge in [-0.1, -0.05) is 30.3 Å². The van der Waals surface area contributed by atoms with Gasteiger partial charge in [0.1, 0.15) is 0 Å². The first-order chi connectivity index (χ1) is 9.65. The van der Waals surface area contributed by atoms with Gasteiger partial charge in [-0.05, 0) is 24.6 Å². The summed E-state index contributed by atoms with van der Waals surface area (Å²) in [5.74, 6) is 0. The maximum atomic E-state index is 12.5. The molecule has 1 unspecified atom stereocenters. The molecule has 1 aromatic carbocycles. The molecule has 0 aliphatic carbocycles. The Hall–Kier alpha value is -1.91. The highest BCUT2D eigenvalue weighted by Gasteiger charge is 2.12. The molecule has 2 aromatic rings. The van der Waals surface area contributed by atoms with Crippen LogP contribution < -0.4 is 11.3 Å². The van der Waals surface area contributed by atoms with Crippen molar-refractivity contribution in [3.05, 3.63) is 58.4 Å². The summed E-state index contributed by atoms with van der Waals surface area (Å²) in [5, 5.41) is 0. The third-order valence-electron chi connectivity index (χ3n) is 3.28. The molecule has 0 aliphatic heterocycles. The zero-order valence-electron chi connectivity index (χ0n) is 11.9. The van der Waals surface area contributed by atoms with Crippen LogP contribution in [0.1, 0.15) is 18.5 Å². The molecular formula is C16H20N2O2. The summed E-state index contributed by atoms with van der Waals surface area (Å²) >= 11 is 0. The van der Waals surface area contributed by atoms with Crippen LogP contribution >= 0.6 is 0 Å². The Morgan fingerprint density at radius 1 is 1.20 bits per heavy atom. The van der Waals surface area contributed by atoms with E-state index in [0.717, 1.165) is 11.3 Å². The number of hydrogen-bond acceptors (Lipinski definition) is 3. The lowest BCUT2D eigenvalue weighted by Crippen LogP contribution is -2.29. The van der Waals surface area contributed by atoms with Crippen molar-refractivity contribution in [3.63, 3.8) is 0 Å². The van der Waals surface area contributed by atoms with E-state index >= 15 is 0 Å². The van der Waals surface area contributed by atoms with Crippen LogP contribution in [0, 0.1) is 0 Å². The summed E-state index contributed by atoms with van der Waals surface area (Å²) in [6.07, 6.45) is 0. The summed E-state index contributed by atoms with van der Waals surface area (Å²) in [5.41, 5.74) is 8.34. The van der Waals surface area contributed by atoms with E-state index < -0.39 is 0 Å². The van der Waals surface area contributed by atoms with E-state index in [4.69, 9.17) is 10.5 Å². The Morgan fingerprint density at radius 3 is 2.50 bits per heavy atom. The monoisotopic (exact) mass is 272 g/mol. The standard InChI is InChI=1S/C16H20N2O2/c1-12(17)14-8-9-15(13-6-4-3-5-7-13)18(16(14)19)10-11-20-2/h3-9,12H,10-11,17H2,1-2H3. The van der Waals surface area contributed by atoms with Gasteiger partial charge in [-0.2, -0.15) is 0 Å². The molecule has 20 heavy (non-hydrogen) atoms. The van der Waals surface area contributed by atoms with Crippen molar-refractivity contribution >= 4 is 0 Å². The quantitative estimate of drug-likeness (QED) is 0.907. The fraction of sp³-hybridized carbons (Fsp3) is 0.312.